The van der Waals surface area contributed by atoms with Crippen LogP contribution >= 0.6 is 0 Å². The average molecular weight is 1040 g/mol. The molecule has 0 saturated heterocycles. The Morgan fingerprint density at radius 2 is 0.635 bits per heavy atom. The Kier molecular flexibility index (Phi) is 62.0. The van der Waals surface area contributed by atoms with Gasteiger partial charge in [-0.25, -0.2) is 0 Å². The molecule has 1 amide bonds. The lowest BCUT2D eigenvalue weighted by Gasteiger charge is -2.20. The van der Waals surface area contributed by atoms with Gasteiger partial charge >= 0.3 is 5.97 Å². The lowest BCUT2D eigenvalue weighted by atomic mass is 10.0. The summed E-state index contributed by atoms with van der Waals surface area (Å²) < 4.78 is 5.48. The fourth-order valence-corrected chi connectivity index (χ4v) is 10.3. The van der Waals surface area contributed by atoms with Crippen LogP contribution in [0.4, 0.5) is 0 Å². The van der Waals surface area contributed by atoms with Gasteiger partial charge in [0.2, 0.25) is 5.91 Å². The number of allylic oxidation sites excluding steroid dienone is 5. The molecule has 6 nitrogen and oxygen atoms in total. The van der Waals surface area contributed by atoms with E-state index in [1.807, 2.05) is 6.08 Å². The summed E-state index contributed by atoms with van der Waals surface area (Å²) in [5.41, 5.74) is 0. The van der Waals surface area contributed by atoms with Crippen molar-refractivity contribution in [2.75, 3.05) is 13.2 Å². The molecule has 0 aromatic carbocycles. The zero-order valence-corrected chi connectivity index (χ0v) is 49.8. The van der Waals surface area contributed by atoms with Gasteiger partial charge in [-0.1, -0.05) is 301 Å². The van der Waals surface area contributed by atoms with Crippen molar-refractivity contribution >= 4 is 11.9 Å². The second kappa shape index (κ2) is 63.6. The third-order valence-corrected chi connectivity index (χ3v) is 15.4. The second-order valence-electron chi connectivity index (χ2n) is 22.8. The van der Waals surface area contributed by atoms with Gasteiger partial charge in [-0.15, -0.1) is 0 Å². The zero-order valence-electron chi connectivity index (χ0n) is 49.8. The number of ether oxygens (including phenoxy) is 1. The van der Waals surface area contributed by atoms with E-state index in [1.165, 1.54) is 289 Å². The Morgan fingerprint density at radius 3 is 0.973 bits per heavy atom. The molecule has 436 valence electrons. The normalized spacial score (nSPS) is 12.8. The molecule has 0 aliphatic carbocycles. The van der Waals surface area contributed by atoms with Crippen LogP contribution in [0.3, 0.4) is 0 Å². The van der Waals surface area contributed by atoms with Gasteiger partial charge in [-0.2, -0.15) is 0 Å². The minimum Gasteiger partial charge on any atom is -0.466 e. The van der Waals surface area contributed by atoms with E-state index in [0.717, 1.165) is 44.9 Å². The number of nitrogens with one attached hydrogen (secondary N) is 1. The number of amides is 1. The van der Waals surface area contributed by atoms with Gasteiger partial charge in [0.25, 0.3) is 0 Å². The molecule has 0 heterocycles. The van der Waals surface area contributed by atoms with Crippen LogP contribution in [-0.4, -0.2) is 47.4 Å². The van der Waals surface area contributed by atoms with E-state index in [1.54, 1.807) is 6.08 Å². The molecule has 0 aliphatic rings. The molecule has 0 aliphatic heterocycles. The number of hydrogen-bond acceptors (Lipinski definition) is 5. The van der Waals surface area contributed by atoms with E-state index in [9.17, 15) is 19.8 Å². The maximum atomic E-state index is 12.5. The summed E-state index contributed by atoms with van der Waals surface area (Å²) in [6, 6.07) is -0.626. The third kappa shape index (κ3) is 59.3. The lowest BCUT2D eigenvalue weighted by molar-refractivity contribution is -0.143. The molecule has 2 atom stereocenters. The van der Waals surface area contributed by atoms with Gasteiger partial charge in [-0.05, 0) is 83.5 Å². The van der Waals surface area contributed by atoms with E-state index in [4.69, 9.17) is 4.74 Å². The molecule has 0 fully saturated rings. The molecule has 0 bridgehead atoms. The molecule has 0 aromatic rings. The van der Waals surface area contributed by atoms with Crippen molar-refractivity contribution in [2.24, 2.45) is 0 Å². The van der Waals surface area contributed by atoms with E-state index >= 15 is 0 Å². The summed E-state index contributed by atoms with van der Waals surface area (Å²) in [4.78, 5) is 24.5. The van der Waals surface area contributed by atoms with Crippen LogP contribution in [0, 0.1) is 0 Å². The molecule has 0 rings (SSSR count). The largest absolute Gasteiger partial charge is 0.466 e. The molecule has 0 spiro atoms. The first-order chi connectivity index (χ1) is 36.5. The van der Waals surface area contributed by atoms with Crippen LogP contribution in [-0.2, 0) is 14.3 Å². The van der Waals surface area contributed by atoms with Gasteiger partial charge in [0.05, 0.1) is 25.4 Å². The van der Waals surface area contributed by atoms with Gasteiger partial charge in [-0.3, -0.25) is 9.59 Å². The average Bonchev–Trinajstić information content (AvgIpc) is 3.40. The fraction of sp³-hybridized carbons (Fsp3) is 0.882. The van der Waals surface area contributed by atoms with Crippen molar-refractivity contribution < 1.29 is 24.5 Å². The van der Waals surface area contributed by atoms with E-state index in [2.05, 4.69) is 43.5 Å². The number of aliphatic hydroxyl groups excluding tert-OH is 2. The zero-order chi connectivity index (χ0) is 53.6. The van der Waals surface area contributed by atoms with E-state index in [-0.39, 0.29) is 18.5 Å². The maximum Gasteiger partial charge on any atom is 0.305 e. The van der Waals surface area contributed by atoms with Crippen molar-refractivity contribution in [3.05, 3.63) is 36.5 Å². The molecule has 0 saturated carbocycles. The Hall–Kier alpha value is -1.92. The number of unbranched alkanes of at least 4 members (excludes halogenated alkanes) is 47. The summed E-state index contributed by atoms with van der Waals surface area (Å²) >= 11 is 0. The summed E-state index contributed by atoms with van der Waals surface area (Å²) in [5.74, 6) is -0.0576. The number of carbonyl (C=O) groups is 2. The Balaban J connectivity index is 3.38. The summed E-state index contributed by atoms with van der Waals surface area (Å²) in [6.45, 7) is 4.90. The number of aliphatic hydroxyl groups is 2. The molecule has 74 heavy (non-hydrogen) atoms. The van der Waals surface area contributed by atoms with Gasteiger partial charge in [0.15, 0.2) is 0 Å². The number of esters is 1. The van der Waals surface area contributed by atoms with Crippen LogP contribution < -0.4 is 5.32 Å². The highest BCUT2D eigenvalue weighted by molar-refractivity contribution is 5.76. The molecule has 0 aromatic heterocycles. The monoisotopic (exact) mass is 1040 g/mol. The predicted molar refractivity (Wildman–Crippen MR) is 324 cm³/mol. The van der Waals surface area contributed by atoms with Crippen molar-refractivity contribution in [3.8, 4) is 0 Å². The van der Waals surface area contributed by atoms with Crippen LogP contribution in [0.5, 0.6) is 0 Å². The molecule has 2 unspecified atom stereocenters. The molecule has 0 radical (unpaired) electrons. The third-order valence-electron chi connectivity index (χ3n) is 15.4. The molecular formula is C68H129NO5. The summed E-state index contributed by atoms with van der Waals surface area (Å²) in [7, 11) is 0. The SMILES string of the molecule is CCCCCC/C=C\CCCCCCCC(=O)OCCCCCCCCCCCCCC/C=C\CCCCCCCCCCCCCCCCC(=O)NC(CO)C(O)/C=C/CCCCCCCCCCCCCC. The molecule has 3 N–H and O–H groups in total. The van der Waals surface area contributed by atoms with Gasteiger partial charge < -0.3 is 20.3 Å². The molecular weight excluding hydrogens is 911 g/mol. The second-order valence-corrected chi connectivity index (χ2v) is 22.8. The number of carbonyl (C=O) groups excluding carboxylic acids is 2. The first kappa shape index (κ1) is 72.1. The van der Waals surface area contributed by atoms with Crippen LogP contribution in [0.15, 0.2) is 36.5 Å². The van der Waals surface area contributed by atoms with Gasteiger partial charge in [0, 0.05) is 12.8 Å². The van der Waals surface area contributed by atoms with Crippen LogP contribution in [0.1, 0.15) is 361 Å². The Bertz CT molecular complexity index is 1200. The summed E-state index contributed by atoms with van der Waals surface area (Å²) in [6.07, 6.45) is 80.7. The van der Waals surface area contributed by atoms with E-state index < -0.39 is 12.1 Å². The lowest BCUT2D eigenvalue weighted by Crippen LogP contribution is -2.45. The highest BCUT2D eigenvalue weighted by Gasteiger charge is 2.18. The minimum absolute atomic E-state index is 0.00758. The minimum atomic E-state index is -0.843. The topological polar surface area (TPSA) is 95.9 Å². The Morgan fingerprint density at radius 1 is 0.365 bits per heavy atom. The van der Waals surface area contributed by atoms with Crippen LogP contribution in [0.2, 0.25) is 0 Å². The van der Waals surface area contributed by atoms with Crippen molar-refractivity contribution in [2.45, 2.75) is 373 Å². The highest BCUT2D eigenvalue weighted by Crippen LogP contribution is 2.18. The van der Waals surface area contributed by atoms with Gasteiger partial charge in [0.1, 0.15) is 0 Å². The molecule has 6 heteroatoms. The number of hydrogen-bond donors (Lipinski definition) is 3. The van der Waals surface area contributed by atoms with Crippen molar-refractivity contribution in [1.82, 2.24) is 5.32 Å². The fourth-order valence-electron chi connectivity index (χ4n) is 10.3. The maximum absolute atomic E-state index is 12.5. The highest BCUT2D eigenvalue weighted by atomic mass is 16.5. The first-order valence-corrected chi connectivity index (χ1v) is 33.3. The van der Waals surface area contributed by atoms with Crippen molar-refractivity contribution in [1.29, 1.82) is 0 Å². The van der Waals surface area contributed by atoms with Crippen molar-refractivity contribution in [3.63, 3.8) is 0 Å². The van der Waals surface area contributed by atoms with Crippen LogP contribution in [0.25, 0.3) is 0 Å². The quantitative estimate of drug-likeness (QED) is 0.0320. The predicted octanol–water partition coefficient (Wildman–Crippen LogP) is 21.1. The first-order valence-electron chi connectivity index (χ1n) is 33.3. The van der Waals surface area contributed by atoms with E-state index in [0.29, 0.717) is 19.4 Å². The number of rotatable bonds is 62. The summed E-state index contributed by atoms with van der Waals surface area (Å²) in [5, 5.41) is 23.1. The smallest absolute Gasteiger partial charge is 0.305 e. The Labute approximate surface area is 462 Å². The standard InChI is InChI=1S/C68H129NO5/c1-3-5-7-9-11-13-15-17-37-40-44-48-52-56-60-66(71)65(64-70)69-67(72)61-57-53-49-45-41-38-34-32-30-28-26-24-22-20-18-19-21-23-25-27-29-31-33-35-39-43-47-51-55-59-63-74-68(73)62-58-54-50-46-42-36-16-14-12-10-8-6-4-2/h14,16,19,21,56,60,65-66,70-71H,3-13,15,17-18,20,22-55,57-59,61-64H2,1-2H3,(H,69,72)/b16-14-,21-19-,60-56+.